The molecule has 1 aliphatic carbocycles. The molecule has 1 aliphatic rings. The van der Waals surface area contributed by atoms with Crippen LogP contribution in [0.3, 0.4) is 0 Å². The summed E-state index contributed by atoms with van der Waals surface area (Å²) in [6.45, 7) is 1.21. The second-order valence-electron chi connectivity index (χ2n) is 5.86. The van der Waals surface area contributed by atoms with Gasteiger partial charge in [-0.15, -0.1) is 24.0 Å². The van der Waals surface area contributed by atoms with Crippen molar-refractivity contribution in [2.75, 3.05) is 13.1 Å². The monoisotopic (exact) mass is 508 g/mol. The number of carbonyl (C=O) groups excluding carboxylic acids is 1. The van der Waals surface area contributed by atoms with E-state index in [2.05, 4.69) is 31.6 Å². The fraction of sp³-hybridized carbons (Fsp3) is 0.529. The lowest BCUT2D eigenvalue weighted by Gasteiger charge is -2.23. The third kappa shape index (κ3) is 7.83. The molecule has 0 aromatic heterocycles. The summed E-state index contributed by atoms with van der Waals surface area (Å²) in [6, 6.07) is 7.78. The zero-order chi connectivity index (χ0) is 16.5. The number of guanidine groups is 1. The van der Waals surface area contributed by atoms with Crippen molar-refractivity contribution in [1.82, 2.24) is 10.6 Å². The quantitative estimate of drug-likeness (QED) is 0.238. The van der Waals surface area contributed by atoms with Gasteiger partial charge >= 0.3 is 0 Å². The normalized spacial score (nSPS) is 15.5. The van der Waals surface area contributed by atoms with Gasteiger partial charge in [-0.1, -0.05) is 35.2 Å². The number of nitrogens with zero attached hydrogens (tertiary/aromatic N) is 1. The van der Waals surface area contributed by atoms with E-state index in [0.29, 0.717) is 30.7 Å². The van der Waals surface area contributed by atoms with E-state index in [1.165, 1.54) is 32.1 Å². The number of nitrogens with one attached hydrogen (secondary N) is 2. The fourth-order valence-electron chi connectivity index (χ4n) is 2.69. The van der Waals surface area contributed by atoms with Gasteiger partial charge in [-0.3, -0.25) is 9.79 Å². The predicted molar refractivity (Wildman–Crippen MR) is 113 cm³/mol. The summed E-state index contributed by atoms with van der Waals surface area (Å²) in [5.41, 5.74) is 6.56. The Kier molecular flexibility index (Phi) is 10.3. The molecule has 4 N–H and O–H groups in total. The second kappa shape index (κ2) is 11.7. The van der Waals surface area contributed by atoms with Crippen LogP contribution in [0, 0.1) is 0 Å². The fourth-order valence-corrected chi connectivity index (χ4v) is 2.95. The summed E-state index contributed by atoms with van der Waals surface area (Å²) in [5, 5.41) is 6.17. The molecule has 1 aromatic rings. The van der Waals surface area contributed by atoms with Gasteiger partial charge in [0.05, 0.1) is 0 Å². The maximum atomic E-state index is 11.9. The first-order valence-corrected chi connectivity index (χ1v) is 9.04. The topological polar surface area (TPSA) is 79.5 Å². The SMILES string of the molecule is I.NC(=NCCCNC(=O)c1ccc(Br)cc1)NC1CCCCC1. The molecule has 0 aliphatic heterocycles. The van der Waals surface area contributed by atoms with E-state index in [9.17, 15) is 4.79 Å². The molecule has 5 nitrogen and oxygen atoms in total. The number of nitrogens with two attached hydrogens (primary N) is 1. The number of aliphatic imine (C=N–C) groups is 1. The molecule has 1 saturated carbocycles. The standard InChI is InChI=1S/C17H25BrN4O.HI/c18-14-9-7-13(8-10-14)16(23)20-11-4-12-21-17(19)22-15-5-2-1-3-6-15;/h7-10,15H,1-6,11-12H2,(H,20,23)(H3,19,21,22);1H. The van der Waals surface area contributed by atoms with Crippen LogP contribution in [0.15, 0.2) is 33.7 Å². The molecule has 0 bridgehead atoms. The van der Waals surface area contributed by atoms with Crippen LogP contribution in [0.4, 0.5) is 0 Å². The Morgan fingerprint density at radius 2 is 1.88 bits per heavy atom. The van der Waals surface area contributed by atoms with Crippen molar-refractivity contribution >= 4 is 51.8 Å². The number of hydrogen-bond donors (Lipinski definition) is 3. The highest BCUT2D eigenvalue weighted by Crippen LogP contribution is 2.17. The number of carbonyl (C=O) groups is 1. The third-order valence-electron chi connectivity index (χ3n) is 3.97. The van der Waals surface area contributed by atoms with Crippen molar-refractivity contribution < 1.29 is 4.79 Å². The summed E-state index contributed by atoms with van der Waals surface area (Å²) in [4.78, 5) is 16.2. The summed E-state index contributed by atoms with van der Waals surface area (Å²) >= 11 is 3.35. The molecule has 1 fully saturated rings. The summed E-state index contributed by atoms with van der Waals surface area (Å²) < 4.78 is 0.962. The number of hydrogen-bond acceptors (Lipinski definition) is 2. The number of rotatable bonds is 6. The van der Waals surface area contributed by atoms with Crippen LogP contribution in [-0.4, -0.2) is 31.0 Å². The van der Waals surface area contributed by atoms with Gasteiger partial charge < -0.3 is 16.4 Å². The van der Waals surface area contributed by atoms with Crippen molar-refractivity contribution in [2.45, 2.75) is 44.6 Å². The molecule has 2 rings (SSSR count). The van der Waals surface area contributed by atoms with Crippen LogP contribution >= 0.6 is 39.9 Å². The number of amides is 1. The molecular formula is C17H26BrIN4O. The van der Waals surface area contributed by atoms with Gasteiger partial charge in [0.2, 0.25) is 0 Å². The van der Waals surface area contributed by atoms with Gasteiger partial charge in [0, 0.05) is 29.2 Å². The Morgan fingerprint density at radius 1 is 1.21 bits per heavy atom. The van der Waals surface area contributed by atoms with Crippen molar-refractivity contribution in [2.24, 2.45) is 10.7 Å². The van der Waals surface area contributed by atoms with Crippen molar-refractivity contribution in [3.05, 3.63) is 34.3 Å². The average Bonchev–Trinajstić information content (AvgIpc) is 2.56. The molecule has 1 aromatic carbocycles. The number of halogens is 2. The summed E-state index contributed by atoms with van der Waals surface area (Å²) in [6.07, 6.45) is 7.00. The van der Waals surface area contributed by atoms with Crippen LogP contribution in [0.25, 0.3) is 0 Å². The molecule has 7 heteroatoms. The van der Waals surface area contributed by atoms with Gasteiger partial charge in [0.15, 0.2) is 5.96 Å². The van der Waals surface area contributed by atoms with E-state index in [1.54, 1.807) is 12.1 Å². The zero-order valence-electron chi connectivity index (χ0n) is 13.8. The molecule has 24 heavy (non-hydrogen) atoms. The Bertz CT molecular complexity index is 530. The van der Waals surface area contributed by atoms with Crippen LogP contribution in [0.2, 0.25) is 0 Å². The van der Waals surface area contributed by atoms with E-state index in [1.807, 2.05) is 12.1 Å². The first-order valence-electron chi connectivity index (χ1n) is 8.25. The summed E-state index contributed by atoms with van der Waals surface area (Å²) in [5.74, 6) is 0.464. The van der Waals surface area contributed by atoms with Crippen LogP contribution in [-0.2, 0) is 0 Å². The minimum absolute atomic E-state index is 0. The van der Waals surface area contributed by atoms with E-state index < -0.39 is 0 Å². The average molecular weight is 509 g/mol. The van der Waals surface area contributed by atoms with Gasteiger partial charge in [-0.25, -0.2) is 0 Å². The minimum Gasteiger partial charge on any atom is -0.370 e. The lowest BCUT2D eigenvalue weighted by Crippen LogP contribution is -2.41. The predicted octanol–water partition coefficient (Wildman–Crippen LogP) is 3.42. The Balaban J connectivity index is 0.00000288. The Labute approximate surface area is 169 Å². The molecule has 0 saturated heterocycles. The van der Waals surface area contributed by atoms with E-state index in [0.717, 1.165) is 10.9 Å². The molecule has 0 heterocycles. The van der Waals surface area contributed by atoms with E-state index in [-0.39, 0.29) is 29.9 Å². The van der Waals surface area contributed by atoms with Crippen molar-refractivity contribution in [3.63, 3.8) is 0 Å². The first-order chi connectivity index (χ1) is 11.1. The number of benzene rings is 1. The highest BCUT2D eigenvalue weighted by molar-refractivity contribution is 14.0. The van der Waals surface area contributed by atoms with Gasteiger partial charge in [0.1, 0.15) is 0 Å². The molecule has 0 spiro atoms. The smallest absolute Gasteiger partial charge is 0.251 e. The second-order valence-corrected chi connectivity index (χ2v) is 6.78. The lowest BCUT2D eigenvalue weighted by atomic mass is 9.96. The Hall–Kier alpha value is -0.830. The van der Waals surface area contributed by atoms with E-state index in [4.69, 9.17) is 5.73 Å². The van der Waals surface area contributed by atoms with Crippen LogP contribution in [0.1, 0.15) is 48.9 Å². The first kappa shape index (κ1) is 21.2. The van der Waals surface area contributed by atoms with Crippen LogP contribution < -0.4 is 16.4 Å². The van der Waals surface area contributed by atoms with Crippen LogP contribution in [0.5, 0.6) is 0 Å². The summed E-state index contributed by atoms with van der Waals surface area (Å²) in [7, 11) is 0. The molecule has 134 valence electrons. The molecule has 0 radical (unpaired) electrons. The third-order valence-corrected chi connectivity index (χ3v) is 4.49. The molecule has 1 amide bonds. The largest absolute Gasteiger partial charge is 0.370 e. The zero-order valence-corrected chi connectivity index (χ0v) is 17.7. The minimum atomic E-state index is -0.0604. The molecular weight excluding hydrogens is 483 g/mol. The maximum absolute atomic E-state index is 11.9. The molecule has 0 unspecified atom stereocenters. The van der Waals surface area contributed by atoms with Gasteiger partial charge in [-0.2, -0.15) is 0 Å². The molecule has 0 atom stereocenters. The Morgan fingerprint density at radius 3 is 2.54 bits per heavy atom. The maximum Gasteiger partial charge on any atom is 0.251 e. The van der Waals surface area contributed by atoms with Crippen molar-refractivity contribution in [3.8, 4) is 0 Å². The van der Waals surface area contributed by atoms with E-state index >= 15 is 0 Å². The highest BCUT2D eigenvalue weighted by Gasteiger charge is 2.13. The van der Waals surface area contributed by atoms with Crippen molar-refractivity contribution in [1.29, 1.82) is 0 Å². The lowest BCUT2D eigenvalue weighted by molar-refractivity contribution is 0.0953. The highest BCUT2D eigenvalue weighted by atomic mass is 127. The van der Waals surface area contributed by atoms with Gasteiger partial charge in [-0.05, 0) is 43.5 Å². The van der Waals surface area contributed by atoms with Gasteiger partial charge in [0.25, 0.3) is 5.91 Å².